The van der Waals surface area contributed by atoms with Gasteiger partial charge in [0.05, 0.1) is 11.8 Å². The Kier molecular flexibility index (Phi) is 7.69. The first kappa shape index (κ1) is 20.3. The van der Waals surface area contributed by atoms with Gasteiger partial charge in [0, 0.05) is 54.8 Å². The molecule has 7 nitrogen and oxygen atoms in total. The van der Waals surface area contributed by atoms with Crippen molar-refractivity contribution in [2.75, 3.05) is 38.3 Å². The molecule has 1 aliphatic rings. The monoisotopic (exact) mass is 409 g/mol. The zero-order valence-corrected chi connectivity index (χ0v) is 17.5. The van der Waals surface area contributed by atoms with E-state index in [0.717, 1.165) is 54.7 Å². The van der Waals surface area contributed by atoms with Crippen LogP contribution < -0.4 is 10.9 Å². The van der Waals surface area contributed by atoms with Crippen molar-refractivity contribution in [3.63, 3.8) is 0 Å². The molecule has 3 heterocycles. The van der Waals surface area contributed by atoms with E-state index in [1.54, 1.807) is 17.5 Å². The van der Waals surface area contributed by atoms with Gasteiger partial charge in [-0.05, 0) is 26.9 Å². The van der Waals surface area contributed by atoms with Crippen LogP contribution in [-0.2, 0) is 23.5 Å². The van der Waals surface area contributed by atoms with Crippen LogP contribution in [0, 0.1) is 0 Å². The molecule has 1 fully saturated rings. The molecule has 1 saturated heterocycles. The number of aromatic amines is 1. The van der Waals surface area contributed by atoms with Crippen LogP contribution >= 0.6 is 23.1 Å². The minimum atomic E-state index is -0.0773. The van der Waals surface area contributed by atoms with E-state index >= 15 is 0 Å². The quantitative estimate of drug-likeness (QED) is 0.583. The van der Waals surface area contributed by atoms with E-state index in [1.165, 1.54) is 0 Å². The Balaban J connectivity index is 1.37. The molecular formula is C18H27N5O2S2. The minimum absolute atomic E-state index is 0.0773. The van der Waals surface area contributed by atoms with Gasteiger partial charge in [0.2, 0.25) is 5.95 Å². The number of rotatable bonds is 10. The molecule has 2 aromatic heterocycles. The van der Waals surface area contributed by atoms with Gasteiger partial charge in [0.15, 0.2) is 0 Å². The van der Waals surface area contributed by atoms with E-state index in [1.807, 2.05) is 11.8 Å². The molecule has 0 aromatic carbocycles. The molecule has 2 N–H and O–H groups in total. The van der Waals surface area contributed by atoms with Crippen LogP contribution in [0.3, 0.4) is 0 Å². The number of ether oxygens (including phenoxy) is 1. The van der Waals surface area contributed by atoms with Gasteiger partial charge in [-0.2, -0.15) is 11.8 Å². The predicted molar refractivity (Wildman–Crippen MR) is 112 cm³/mol. The summed E-state index contributed by atoms with van der Waals surface area (Å²) in [4.78, 5) is 26.1. The largest absolute Gasteiger partial charge is 0.378 e. The van der Waals surface area contributed by atoms with Crippen LogP contribution in [0.5, 0.6) is 0 Å². The molecule has 0 amide bonds. The van der Waals surface area contributed by atoms with E-state index in [2.05, 4.69) is 44.6 Å². The van der Waals surface area contributed by atoms with Gasteiger partial charge >= 0.3 is 0 Å². The molecule has 148 valence electrons. The Bertz CT molecular complexity index is 771. The highest BCUT2D eigenvalue weighted by Gasteiger charge is 2.17. The fraction of sp³-hybridized carbons (Fsp3) is 0.611. The summed E-state index contributed by atoms with van der Waals surface area (Å²) in [5.74, 6) is 2.34. The average molecular weight is 410 g/mol. The SMILES string of the molecule is CN(C)Cc1nc(CSCCNc2ncc(CC3CCCO3)c(=O)[nH]2)cs1. The average Bonchev–Trinajstić information content (AvgIpc) is 3.28. The summed E-state index contributed by atoms with van der Waals surface area (Å²) in [5, 5.41) is 6.46. The molecule has 0 bridgehead atoms. The Morgan fingerprint density at radius 2 is 2.37 bits per heavy atom. The first-order valence-corrected chi connectivity index (χ1v) is 11.2. The number of thioether (sulfide) groups is 1. The minimum Gasteiger partial charge on any atom is -0.378 e. The highest BCUT2D eigenvalue weighted by molar-refractivity contribution is 7.98. The van der Waals surface area contributed by atoms with Crippen molar-refractivity contribution in [1.29, 1.82) is 0 Å². The highest BCUT2D eigenvalue weighted by atomic mass is 32.2. The first-order valence-electron chi connectivity index (χ1n) is 9.19. The number of thiazole rings is 1. The van der Waals surface area contributed by atoms with Crippen LogP contribution in [0.4, 0.5) is 5.95 Å². The fourth-order valence-corrected chi connectivity index (χ4v) is 4.65. The number of nitrogens with one attached hydrogen (secondary N) is 2. The normalized spacial score (nSPS) is 16.9. The van der Waals surface area contributed by atoms with Crippen molar-refractivity contribution < 1.29 is 4.74 Å². The molecule has 0 aliphatic carbocycles. The molecule has 1 aliphatic heterocycles. The van der Waals surface area contributed by atoms with Crippen molar-refractivity contribution in [2.45, 2.75) is 37.7 Å². The van der Waals surface area contributed by atoms with E-state index in [9.17, 15) is 4.79 Å². The Labute approximate surface area is 168 Å². The predicted octanol–water partition coefficient (Wildman–Crippen LogP) is 2.35. The standard InChI is InChI=1S/C18H27N5O2S2/c1-23(2)10-16-21-14(12-27-16)11-26-7-5-19-18-20-9-13(17(24)22-18)8-15-4-3-6-25-15/h9,12,15H,3-8,10-11H2,1-2H3,(H2,19,20,22,24). The molecular weight excluding hydrogens is 382 g/mol. The maximum atomic E-state index is 12.2. The van der Waals surface area contributed by atoms with Crippen LogP contribution in [0.1, 0.15) is 29.1 Å². The Morgan fingerprint density at radius 1 is 1.48 bits per heavy atom. The molecule has 1 unspecified atom stereocenters. The maximum absolute atomic E-state index is 12.2. The number of anilines is 1. The zero-order chi connectivity index (χ0) is 19.1. The van der Waals surface area contributed by atoms with Crippen LogP contribution in [0.15, 0.2) is 16.4 Å². The first-order chi connectivity index (χ1) is 13.1. The van der Waals surface area contributed by atoms with Crippen LogP contribution in [0.2, 0.25) is 0 Å². The van der Waals surface area contributed by atoms with Crippen molar-refractivity contribution in [2.24, 2.45) is 0 Å². The summed E-state index contributed by atoms with van der Waals surface area (Å²) in [7, 11) is 4.10. The molecule has 0 saturated carbocycles. The lowest BCUT2D eigenvalue weighted by Gasteiger charge is -2.09. The topological polar surface area (TPSA) is 83.1 Å². The van der Waals surface area contributed by atoms with Gasteiger partial charge in [-0.3, -0.25) is 9.78 Å². The highest BCUT2D eigenvalue weighted by Crippen LogP contribution is 2.17. The van der Waals surface area contributed by atoms with Gasteiger partial charge in [0.1, 0.15) is 5.01 Å². The second kappa shape index (κ2) is 10.2. The van der Waals surface area contributed by atoms with Gasteiger partial charge in [-0.25, -0.2) is 9.97 Å². The molecule has 0 radical (unpaired) electrons. The third-order valence-electron chi connectivity index (χ3n) is 4.18. The number of hydrogen-bond acceptors (Lipinski definition) is 8. The van der Waals surface area contributed by atoms with Gasteiger partial charge < -0.3 is 15.0 Å². The summed E-state index contributed by atoms with van der Waals surface area (Å²) in [6.07, 6.45) is 4.56. The fourth-order valence-electron chi connectivity index (χ4n) is 2.88. The summed E-state index contributed by atoms with van der Waals surface area (Å²) < 4.78 is 5.58. The van der Waals surface area contributed by atoms with Crippen molar-refractivity contribution in [3.05, 3.63) is 38.2 Å². The Hall–Kier alpha value is -1.42. The lowest BCUT2D eigenvalue weighted by atomic mass is 10.1. The molecule has 2 aromatic rings. The van der Waals surface area contributed by atoms with Crippen LogP contribution in [0.25, 0.3) is 0 Å². The number of hydrogen-bond donors (Lipinski definition) is 2. The second-order valence-corrected chi connectivity index (χ2v) is 8.92. The third kappa shape index (κ3) is 6.60. The maximum Gasteiger partial charge on any atom is 0.255 e. The molecule has 9 heteroatoms. The summed E-state index contributed by atoms with van der Waals surface area (Å²) in [6.45, 7) is 2.43. The lowest BCUT2D eigenvalue weighted by molar-refractivity contribution is 0.111. The van der Waals surface area contributed by atoms with E-state index in [0.29, 0.717) is 17.9 Å². The van der Waals surface area contributed by atoms with Gasteiger partial charge in [0.25, 0.3) is 5.56 Å². The Morgan fingerprint density at radius 3 is 3.11 bits per heavy atom. The van der Waals surface area contributed by atoms with Gasteiger partial charge in [-0.1, -0.05) is 0 Å². The lowest BCUT2D eigenvalue weighted by Crippen LogP contribution is -2.21. The molecule has 27 heavy (non-hydrogen) atoms. The summed E-state index contributed by atoms with van der Waals surface area (Å²) >= 11 is 3.53. The summed E-state index contributed by atoms with van der Waals surface area (Å²) in [5.41, 5.74) is 1.75. The molecule has 3 rings (SSSR count). The number of H-pyrrole nitrogens is 1. The van der Waals surface area contributed by atoms with Crippen molar-refractivity contribution in [1.82, 2.24) is 19.9 Å². The van der Waals surface area contributed by atoms with Crippen LogP contribution in [-0.4, -0.2) is 59.0 Å². The zero-order valence-electron chi connectivity index (χ0n) is 15.9. The number of nitrogens with zero attached hydrogens (tertiary/aromatic N) is 3. The van der Waals surface area contributed by atoms with Gasteiger partial charge in [-0.15, -0.1) is 11.3 Å². The van der Waals surface area contributed by atoms with Crippen molar-refractivity contribution in [3.8, 4) is 0 Å². The van der Waals surface area contributed by atoms with E-state index in [4.69, 9.17) is 4.74 Å². The third-order valence-corrected chi connectivity index (χ3v) is 6.06. The molecule has 0 spiro atoms. The second-order valence-electron chi connectivity index (χ2n) is 6.88. The molecule has 1 atom stereocenters. The van der Waals surface area contributed by atoms with E-state index in [-0.39, 0.29) is 11.7 Å². The number of aromatic nitrogens is 3. The van der Waals surface area contributed by atoms with E-state index < -0.39 is 0 Å². The smallest absolute Gasteiger partial charge is 0.255 e. The van der Waals surface area contributed by atoms with Crippen molar-refractivity contribution >= 4 is 29.0 Å². The summed E-state index contributed by atoms with van der Waals surface area (Å²) in [6, 6.07) is 0.